The summed E-state index contributed by atoms with van der Waals surface area (Å²) in [7, 11) is 0. The number of thiophene rings is 1. The molecule has 1 aromatic heterocycles. The molecule has 0 radical (unpaired) electrons. The van der Waals surface area contributed by atoms with E-state index in [0.29, 0.717) is 10.0 Å². The van der Waals surface area contributed by atoms with Gasteiger partial charge in [0.2, 0.25) is 0 Å². The maximum Gasteiger partial charge on any atom is 0.0769 e. The highest BCUT2D eigenvalue weighted by Gasteiger charge is 2.24. The van der Waals surface area contributed by atoms with Gasteiger partial charge in [0.25, 0.3) is 0 Å². The van der Waals surface area contributed by atoms with E-state index in [9.17, 15) is 0 Å². The number of aliphatic imine (C=N–C) groups is 1. The van der Waals surface area contributed by atoms with E-state index in [0.717, 1.165) is 23.4 Å². The molecule has 0 saturated carbocycles. The van der Waals surface area contributed by atoms with Gasteiger partial charge in [0, 0.05) is 31.5 Å². The third-order valence-electron chi connectivity index (χ3n) is 3.88. The fourth-order valence-corrected chi connectivity index (χ4v) is 5.35. The van der Waals surface area contributed by atoms with Gasteiger partial charge in [-0.3, -0.25) is 4.99 Å². The summed E-state index contributed by atoms with van der Waals surface area (Å²) in [5.41, 5.74) is 3.24. The molecule has 4 rings (SSSR count). The number of para-hydroxylation sites is 1. The lowest BCUT2D eigenvalue weighted by atomic mass is 10.1. The zero-order valence-electron chi connectivity index (χ0n) is 12.6. The van der Waals surface area contributed by atoms with Crippen molar-refractivity contribution in [3.63, 3.8) is 0 Å². The molecule has 0 amide bonds. The molecule has 2 aromatic carbocycles. The largest absolute Gasteiger partial charge is 0.251 e. The van der Waals surface area contributed by atoms with Gasteiger partial charge in [-0.25, -0.2) is 0 Å². The number of nitrogens with zero attached hydrogens (tertiary/aromatic N) is 1. The van der Waals surface area contributed by atoms with Crippen LogP contribution in [-0.2, 0) is 0 Å². The van der Waals surface area contributed by atoms with Crippen LogP contribution in [0.2, 0.25) is 10.0 Å². The van der Waals surface area contributed by atoms with Crippen molar-refractivity contribution in [3.8, 4) is 0 Å². The van der Waals surface area contributed by atoms with Crippen molar-refractivity contribution in [2.75, 3.05) is 0 Å². The highest BCUT2D eigenvalue weighted by atomic mass is 35.5. The van der Waals surface area contributed by atoms with Crippen molar-refractivity contribution in [2.45, 2.75) is 16.6 Å². The number of thioether (sulfide) groups is 1. The van der Waals surface area contributed by atoms with E-state index in [4.69, 9.17) is 28.2 Å². The number of rotatable bonds is 2. The predicted molar refractivity (Wildman–Crippen MR) is 107 cm³/mol. The fraction of sp³-hybridized carbons (Fsp3) is 0.105. The molecule has 1 nitrogen and oxygen atoms in total. The third kappa shape index (κ3) is 3.27. The van der Waals surface area contributed by atoms with Crippen LogP contribution in [0.25, 0.3) is 0 Å². The zero-order valence-corrected chi connectivity index (χ0v) is 15.7. The molecule has 24 heavy (non-hydrogen) atoms. The molecule has 1 atom stereocenters. The average molecular weight is 390 g/mol. The first-order chi connectivity index (χ1) is 11.7. The standard InChI is InChI=1S/C19H13Cl2NS2/c20-12-7-8-13(14(21)10-12)19-11-16(17-6-3-9-23-17)22-15-4-1-2-5-18(15)24-19/h1-10,19H,11H2/t19-/m0/s1. The maximum absolute atomic E-state index is 6.48. The molecule has 0 aliphatic carbocycles. The summed E-state index contributed by atoms with van der Waals surface area (Å²) >= 11 is 16.1. The van der Waals surface area contributed by atoms with Gasteiger partial charge in [-0.15, -0.1) is 23.1 Å². The van der Waals surface area contributed by atoms with Crippen LogP contribution in [0, 0.1) is 0 Å². The fourth-order valence-electron chi connectivity index (χ4n) is 2.75. The number of hydrogen-bond donors (Lipinski definition) is 0. The van der Waals surface area contributed by atoms with Crippen LogP contribution in [0.4, 0.5) is 5.69 Å². The summed E-state index contributed by atoms with van der Waals surface area (Å²) in [6.07, 6.45) is 0.835. The minimum atomic E-state index is 0.208. The summed E-state index contributed by atoms with van der Waals surface area (Å²) < 4.78 is 0. The van der Waals surface area contributed by atoms with Crippen molar-refractivity contribution in [1.29, 1.82) is 0 Å². The topological polar surface area (TPSA) is 12.4 Å². The van der Waals surface area contributed by atoms with Crippen molar-refractivity contribution in [3.05, 3.63) is 80.5 Å². The van der Waals surface area contributed by atoms with Gasteiger partial charge in [0.05, 0.1) is 11.4 Å². The molecule has 0 unspecified atom stereocenters. The Kier molecular flexibility index (Phi) is 4.68. The SMILES string of the molecule is Clc1ccc([C@@H]2CC(c3cccs3)=Nc3ccccc3S2)c(Cl)c1. The van der Waals surface area contributed by atoms with Crippen molar-refractivity contribution in [1.82, 2.24) is 0 Å². The van der Waals surface area contributed by atoms with Crippen molar-refractivity contribution in [2.24, 2.45) is 4.99 Å². The molecular weight excluding hydrogens is 377 g/mol. The second-order valence-electron chi connectivity index (χ2n) is 5.48. The molecule has 120 valence electrons. The quantitative estimate of drug-likeness (QED) is 0.444. The van der Waals surface area contributed by atoms with E-state index in [1.165, 1.54) is 9.77 Å². The molecular formula is C19H13Cl2NS2. The lowest BCUT2D eigenvalue weighted by molar-refractivity contribution is 1.01. The Bertz CT molecular complexity index is 903. The number of fused-ring (bicyclic) bond motifs is 1. The van der Waals surface area contributed by atoms with Crippen LogP contribution in [-0.4, -0.2) is 5.71 Å². The van der Waals surface area contributed by atoms with Crippen LogP contribution in [0.15, 0.2) is 69.9 Å². The lowest BCUT2D eigenvalue weighted by Gasteiger charge is -2.17. The van der Waals surface area contributed by atoms with E-state index >= 15 is 0 Å². The van der Waals surface area contributed by atoms with Gasteiger partial charge in [-0.05, 0) is 41.3 Å². The molecule has 3 aromatic rings. The molecule has 5 heteroatoms. The van der Waals surface area contributed by atoms with Gasteiger partial charge < -0.3 is 0 Å². The second-order valence-corrected chi connectivity index (χ2v) is 8.52. The highest BCUT2D eigenvalue weighted by molar-refractivity contribution is 7.99. The van der Waals surface area contributed by atoms with Gasteiger partial charge in [-0.2, -0.15) is 0 Å². The summed E-state index contributed by atoms with van der Waals surface area (Å²) in [6, 6.07) is 18.2. The van der Waals surface area contributed by atoms with Crippen molar-refractivity contribution >= 4 is 57.7 Å². The first-order valence-electron chi connectivity index (χ1n) is 7.53. The van der Waals surface area contributed by atoms with Crippen molar-refractivity contribution < 1.29 is 0 Å². The molecule has 1 aliphatic rings. The number of benzene rings is 2. The van der Waals surface area contributed by atoms with E-state index in [2.05, 4.69) is 35.7 Å². The van der Waals surface area contributed by atoms with Crippen LogP contribution in [0.1, 0.15) is 22.1 Å². The predicted octanol–water partition coefficient (Wildman–Crippen LogP) is 7.41. The Morgan fingerprint density at radius 1 is 1.00 bits per heavy atom. The van der Waals surface area contributed by atoms with Gasteiger partial charge >= 0.3 is 0 Å². The number of halogens is 2. The molecule has 0 saturated heterocycles. The van der Waals surface area contributed by atoms with Crippen LogP contribution in [0.5, 0.6) is 0 Å². The monoisotopic (exact) mass is 389 g/mol. The zero-order chi connectivity index (χ0) is 16.5. The molecule has 0 bridgehead atoms. The summed E-state index contributed by atoms with van der Waals surface area (Å²) in [5.74, 6) is 0. The normalized spacial score (nSPS) is 17.1. The molecule has 0 fully saturated rings. The van der Waals surface area contributed by atoms with E-state index < -0.39 is 0 Å². The second kappa shape index (κ2) is 6.93. The Balaban J connectivity index is 1.81. The molecule has 1 aliphatic heterocycles. The van der Waals surface area contributed by atoms with Crippen LogP contribution >= 0.6 is 46.3 Å². The lowest BCUT2D eigenvalue weighted by Crippen LogP contribution is -2.04. The average Bonchev–Trinajstić information content (AvgIpc) is 3.03. The first-order valence-corrected chi connectivity index (χ1v) is 10.0. The Hall–Kier alpha value is -1.26. The maximum atomic E-state index is 6.48. The third-order valence-corrected chi connectivity index (χ3v) is 6.67. The molecule has 0 N–H and O–H groups in total. The smallest absolute Gasteiger partial charge is 0.0769 e. The Morgan fingerprint density at radius 2 is 1.88 bits per heavy atom. The minimum Gasteiger partial charge on any atom is -0.251 e. The summed E-state index contributed by atoms with van der Waals surface area (Å²) in [6.45, 7) is 0. The number of hydrogen-bond acceptors (Lipinski definition) is 3. The van der Waals surface area contributed by atoms with E-state index in [1.54, 1.807) is 11.3 Å². The molecule has 0 spiro atoms. The van der Waals surface area contributed by atoms with Gasteiger partial charge in [0.15, 0.2) is 0 Å². The summed E-state index contributed by atoms with van der Waals surface area (Å²) in [4.78, 5) is 7.33. The van der Waals surface area contributed by atoms with E-state index in [-0.39, 0.29) is 5.25 Å². The summed E-state index contributed by atoms with van der Waals surface area (Å²) in [5, 5.41) is 3.67. The first kappa shape index (κ1) is 16.2. The van der Waals surface area contributed by atoms with E-state index in [1.807, 2.05) is 36.0 Å². The van der Waals surface area contributed by atoms with Crippen LogP contribution < -0.4 is 0 Å². The molecule has 2 heterocycles. The minimum absolute atomic E-state index is 0.208. The van der Waals surface area contributed by atoms with Gasteiger partial charge in [-0.1, -0.05) is 47.5 Å². The Labute approximate surface area is 159 Å². The van der Waals surface area contributed by atoms with Crippen LogP contribution in [0.3, 0.4) is 0 Å². The Morgan fingerprint density at radius 3 is 2.67 bits per heavy atom. The van der Waals surface area contributed by atoms with Gasteiger partial charge in [0.1, 0.15) is 0 Å². The highest BCUT2D eigenvalue weighted by Crippen LogP contribution is 2.47.